The highest BCUT2D eigenvalue weighted by molar-refractivity contribution is 5.79. The van der Waals surface area contributed by atoms with Crippen molar-refractivity contribution in [2.24, 2.45) is 4.99 Å². The lowest BCUT2D eigenvalue weighted by molar-refractivity contribution is 0.0574. The standard InChI is InChI=1S/C19H31N3O/c1-16(17-9-4-3-5-10-17)15-22-19(20-2)21-13-8-14-23-18-11-6-7-12-18/h3-5,9-10,16,18H,6-8,11-15H2,1-2H3,(H2,20,21,22). The van der Waals surface area contributed by atoms with E-state index in [0.717, 1.165) is 32.1 Å². The van der Waals surface area contributed by atoms with Gasteiger partial charge in [-0.1, -0.05) is 50.1 Å². The quantitative estimate of drug-likeness (QED) is 0.439. The van der Waals surface area contributed by atoms with Crippen LogP contribution in [0.5, 0.6) is 0 Å². The second kappa shape index (κ2) is 10.3. The highest BCUT2D eigenvalue weighted by Gasteiger charge is 2.14. The minimum Gasteiger partial charge on any atom is -0.378 e. The van der Waals surface area contributed by atoms with Crippen LogP contribution in [0.2, 0.25) is 0 Å². The van der Waals surface area contributed by atoms with Gasteiger partial charge in [-0.3, -0.25) is 4.99 Å². The number of benzene rings is 1. The van der Waals surface area contributed by atoms with Gasteiger partial charge in [-0.2, -0.15) is 0 Å². The van der Waals surface area contributed by atoms with Gasteiger partial charge < -0.3 is 15.4 Å². The van der Waals surface area contributed by atoms with Crippen molar-refractivity contribution in [1.29, 1.82) is 0 Å². The van der Waals surface area contributed by atoms with E-state index in [9.17, 15) is 0 Å². The predicted octanol–water partition coefficient (Wildman–Crippen LogP) is 3.30. The smallest absolute Gasteiger partial charge is 0.190 e. The molecule has 128 valence electrons. The molecule has 1 aromatic carbocycles. The van der Waals surface area contributed by atoms with E-state index in [1.165, 1.54) is 31.2 Å². The number of hydrogen-bond acceptors (Lipinski definition) is 2. The van der Waals surface area contributed by atoms with E-state index in [0.29, 0.717) is 12.0 Å². The normalized spacial score (nSPS) is 17.2. The second-order valence-electron chi connectivity index (χ2n) is 6.32. The molecule has 23 heavy (non-hydrogen) atoms. The van der Waals surface area contributed by atoms with E-state index in [-0.39, 0.29) is 0 Å². The fraction of sp³-hybridized carbons (Fsp3) is 0.632. The molecule has 0 radical (unpaired) electrons. The van der Waals surface area contributed by atoms with Gasteiger partial charge in [-0.05, 0) is 30.7 Å². The fourth-order valence-corrected chi connectivity index (χ4v) is 2.95. The molecule has 4 heteroatoms. The molecular formula is C19H31N3O. The van der Waals surface area contributed by atoms with E-state index in [2.05, 4.69) is 52.9 Å². The Labute approximate surface area is 140 Å². The molecule has 0 spiro atoms. The third kappa shape index (κ3) is 6.61. The first kappa shape index (κ1) is 17.8. The molecule has 0 saturated heterocycles. The Hall–Kier alpha value is -1.55. The van der Waals surface area contributed by atoms with Gasteiger partial charge in [0.05, 0.1) is 6.10 Å². The molecule has 1 aromatic rings. The van der Waals surface area contributed by atoms with E-state index in [4.69, 9.17) is 4.74 Å². The Morgan fingerprint density at radius 3 is 2.65 bits per heavy atom. The molecule has 0 amide bonds. The maximum Gasteiger partial charge on any atom is 0.190 e. The van der Waals surface area contributed by atoms with Gasteiger partial charge in [0.2, 0.25) is 0 Å². The van der Waals surface area contributed by atoms with Crippen molar-refractivity contribution < 1.29 is 4.74 Å². The second-order valence-corrected chi connectivity index (χ2v) is 6.32. The average Bonchev–Trinajstić information content (AvgIpc) is 3.11. The van der Waals surface area contributed by atoms with Gasteiger partial charge in [0.1, 0.15) is 0 Å². The lowest BCUT2D eigenvalue weighted by Crippen LogP contribution is -2.39. The third-order valence-corrected chi connectivity index (χ3v) is 4.44. The summed E-state index contributed by atoms with van der Waals surface area (Å²) in [5.74, 6) is 1.33. The number of aliphatic imine (C=N–C) groups is 1. The molecular weight excluding hydrogens is 286 g/mol. The molecule has 1 aliphatic rings. The maximum absolute atomic E-state index is 5.87. The average molecular weight is 317 g/mol. The lowest BCUT2D eigenvalue weighted by atomic mass is 10.0. The molecule has 0 aliphatic heterocycles. The third-order valence-electron chi connectivity index (χ3n) is 4.44. The highest BCUT2D eigenvalue weighted by atomic mass is 16.5. The summed E-state index contributed by atoms with van der Waals surface area (Å²) >= 11 is 0. The summed E-state index contributed by atoms with van der Waals surface area (Å²) in [7, 11) is 1.82. The minimum absolute atomic E-state index is 0.459. The van der Waals surface area contributed by atoms with Gasteiger partial charge in [0.25, 0.3) is 0 Å². The topological polar surface area (TPSA) is 45.7 Å². The molecule has 0 heterocycles. The van der Waals surface area contributed by atoms with Crippen molar-refractivity contribution in [1.82, 2.24) is 10.6 Å². The number of hydrogen-bond donors (Lipinski definition) is 2. The predicted molar refractivity (Wildman–Crippen MR) is 97.0 cm³/mol. The molecule has 1 unspecified atom stereocenters. The Morgan fingerprint density at radius 2 is 1.96 bits per heavy atom. The first-order valence-corrected chi connectivity index (χ1v) is 8.90. The minimum atomic E-state index is 0.459. The highest BCUT2D eigenvalue weighted by Crippen LogP contribution is 2.20. The van der Waals surface area contributed by atoms with Crippen LogP contribution in [0.1, 0.15) is 50.5 Å². The Kier molecular flexibility index (Phi) is 7.95. The van der Waals surface area contributed by atoms with Crippen LogP contribution in [-0.4, -0.2) is 38.8 Å². The Bertz CT molecular complexity index is 455. The zero-order valence-electron chi connectivity index (χ0n) is 14.6. The van der Waals surface area contributed by atoms with Crippen molar-refractivity contribution >= 4 is 5.96 Å². The van der Waals surface area contributed by atoms with Gasteiger partial charge in [0, 0.05) is 26.7 Å². The summed E-state index contributed by atoms with van der Waals surface area (Å²) in [6.45, 7) is 4.84. The monoisotopic (exact) mass is 317 g/mol. The van der Waals surface area contributed by atoms with Crippen molar-refractivity contribution in [2.45, 2.75) is 51.0 Å². The zero-order chi connectivity index (χ0) is 16.3. The summed E-state index contributed by atoms with van der Waals surface area (Å²) in [5, 5.41) is 6.76. The summed E-state index contributed by atoms with van der Waals surface area (Å²) in [6.07, 6.45) is 6.69. The Balaban J connectivity index is 1.57. The molecule has 2 N–H and O–H groups in total. The summed E-state index contributed by atoms with van der Waals surface area (Å²) in [4.78, 5) is 4.28. The maximum atomic E-state index is 5.87. The van der Waals surface area contributed by atoms with E-state index in [1.807, 2.05) is 7.05 Å². The number of rotatable bonds is 8. The summed E-state index contributed by atoms with van der Waals surface area (Å²) in [6, 6.07) is 10.6. The molecule has 0 aromatic heterocycles. The molecule has 2 rings (SSSR count). The molecule has 1 fully saturated rings. The van der Waals surface area contributed by atoms with Gasteiger partial charge in [-0.25, -0.2) is 0 Å². The number of nitrogens with one attached hydrogen (secondary N) is 2. The number of ether oxygens (including phenoxy) is 1. The van der Waals surface area contributed by atoms with Crippen molar-refractivity contribution in [3.8, 4) is 0 Å². The van der Waals surface area contributed by atoms with E-state index >= 15 is 0 Å². The first-order valence-electron chi connectivity index (χ1n) is 8.90. The van der Waals surface area contributed by atoms with Crippen molar-refractivity contribution in [2.75, 3.05) is 26.7 Å². The summed E-state index contributed by atoms with van der Waals surface area (Å²) in [5.41, 5.74) is 1.35. The van der Waals surface area contributed by atoms with Crippen LogP contribution in [0.4, 0.5) is 0 Å². The lowest BCUT2D eigenvalue weighted by Gasteiger charge is -2.17. The van der Waals surface area contributed by atoms with Gasteiger partial charge in [0.15, 0.2) is 5.96 Å². The van der Waals surface area contributed by atoms with Crippen LogP contribution in [0.15, 0.2) is 35.3 Å². The van der Waals surface area contributed by atoms with Crippen LogP contribution in [0, 0.1) is 0 Å². The summed E-state index contributed by atoms with van der Waals surface area (Å²) < 4.78 is 5.87. The SMILES string of the molecule is CN=C(NCCCOC1CCCC1)NCC(C)c1ccccc1. The first-order chi connectivity index (χ1) is 11.3. The van der Waals surface area contributed by atoms with Gasteiger partial charge >= 0.3 is 0 Å². The van der Waals surface area contributed by atoms with Crippen LogP contribution < -0.4 is 10.6 Å². The van der Waals surface area contributed by atoms with Gasteiger partial charge in [-0.15, -0.1) is 0 Å². The molecule has 1 atom stereocenters. The van der Waals surface area contributed by atoms with Crippen LogP contribution in [0.25, 0.3) is 0 Å². The van der Waals surface area contributed by atoms with Crippen LogP contribution in [-0.2, 0) is 4.74 Å². The van der Waals surface area contributed by atoms with Crippen molar-refractivity contribution in [3.63, 3.8) is 0 Å². The Morgan fingerprint density at radius 1 is 1.22 bits per heavy atom. The molecule has 0 bridgehead atoms. The fourth-order valence-electron chi connectivity index (χ4n) is 2.95. The largest absolute Gasteiger partial charge is 0.378 e. The molecule has 1 saturated carbocycles. The number of guanidine groups is 1. The van der Waals surface area contributed by atoms with Crippen LogP contribution in [0.3, 0.4) is 0 Å². The zero-order valence-corrected chi connectivity index (χ0v) is 14.6. The molecule has 1 aliphatic carbocycles. The van der Waals surface area contributed by atoms with Crippen LogP contribution >= 0.6 is 0 Å². The van der Waals surface area contributed by atoms with Crippen molar-refractivity contribution in [3.05, 3.63) is 35.9 Å². The number of nitrogens with zero attached hydrogens (tertiary/aromatic N) is 1. The van der Waals surface area contributed by atoms with E-state index in [1.54, 1.807) is 0 Å². The molecule has 4 nitrogen and oxygen atoms in total. The van der Waals surface area contributed by atoms with E-state index < -0.39 is 0 Å².